The zero-order valence-electron chi connectivity index (χ0n) is 16.0. The van der Waals surface area contributed by atoms with Gasteiger partial charge in [0.1, 0.15) is 17.6 Å². The number of para-hydroxylation sites is 2. The lowest BCUT2D eigenvalue weighted by Crippen LogP contribution is -2.31. The van der Waals surface area contributed by atoms with E-state index in [0.29, 0.717) is 0 Å². The van der Waals surface area contributed by atoms with Crippen LogP contribution in [0.5, 0.6) is 0 Å². The minimum atomic E-state index is 1.13. The van der Waals surface area contributed by atoms with Crippen LogP contribution in [-0.2, 0) is 0 Å². The van der Waals surface area contributed by atoms with Gasteiger partial charge in [0.2, 0.25) is 0 Å². The fourth-order valence-corrected chi connectivity index (χ4v) is 3.75. The van der Waals surface area contributed by atoms with E-state index >= 15 is 0 Å². The molecule has 1 aromatic heterocycles. The topological polar surface area (TPSA) is 8.81 Å². The highest BCUT2D eigenvalue weighted by Gasteiger charge is 2.28. The smallest absolute Gasteiger partial charge is 0.194 e. The number of aromatic nitrogens is 2. The molecular weight excluding hydrogens is 352 g/mol. The molecule has 0 N–H and O–H groups in total. The first kappa shape index (κ1) is 17.2. The first-order chi connectivity index (χ1) is 14.4. The predicted molar refractivity (Wildman–Crippen MR) is 118 cm³/mol. The molecular formula is C27H21N2+. The Morgan fingerprint density at radius 2 is 0.966 bits per heavy atom. The second-order valence-corrected chi connectivity index (χ2v) is 6.95. The van der Waals surface area contributed by atoms with E-state index in [-0.39, 0.29) is 0 Å². The molecule has 5 rings (SSSR count). The Bertz CT molecular complexity index is 1110. The van der Waals surface area contributed by atoms with Crippen LogP contribution in [0, 0.1) is 0 Å². The van der Waals surface area contributed by atoms with Crippen molar-refractivity contribution < 1.29 is 4.57 Å². The van der Waals surface area contributed by atoms with E-state index in [1.54, 1.807) is 0 Å². The predicted octanol–water partition coefficient (Wildman–Crippen LogP) is 6.09. The van der Waals surface area contributed by atoms with Crippen molar-refractivity contribution in [2.75, 3.05) is 0 Å². The second-order valence-electron chi connectivity index (χ2n) is 6.95. The largest absolute Gasteiger partial charge is 0.299 e. The molecule has 0 bridgehead atoms. The summed E-state index contributed by atoms with van der Waals surface area (Å²) in [6.07, 6.45) is 2.24. The van der Waals surface area contributed by atoms with Gasteiger partial charge in [-0.1, -0.05) is 84.9 Å². The van der Waals surface area contributed by atoms with E-state index in [4.69, 9.17) is 0 Å². The fraction of sp³-hybridized carbons (Fsp3) is 0. The van der Waals surface area contributed by atoms with E-state index in [0.717, 1.165) is 22.9 Å². The molecule has 5 aromatic rings. The SMILES string of the molecule is c1ccc(-c2c[n+](-c3ccccc3)c(-c3ccccc3)n2-c2ccccc2)cc1. The number of imidazole rings is 1. The van der Waals surface area contributed by atoms with Gasteiger partial charge in [0.25, 0.3) is 5.82 Å². The quantitative estimate of drug-likeness (QED) is 0.337. The highest BCUT2D eigenvalue weighted by molar-refractivity contribution is 5.68. The molecule has 29 heavy (non-hydrogen) atoms. The molecule has 1 heterocycles. The summed E-state index contributed by atoms with van der Waals surface area (Å²) in [5.41, 5.74) is 5.78. The van der Waals surface area contributed by atoms with Crippen LogP contribution in [-0.4, -0.2) is 4.57 Å². The van der Waals surface area contributed by atoms with E-state index in [1.165, 1.54) is 11.1 Å². The highest BCUT2D eigenvalue weighted by Crippen LogP contribution is 2.30. The molecule has 0 aliphatic rings. The molecule has 0 radical (unpaired) electrons. The van der Waals surface area contributed by atoms with Crippen LogP contribution in [0.1, 0.15) is 0 Å². The zero-order valence-corrected chi connectivity index (χ0v) is 16.0. The Morgan fingerprint density at radius 3 is 1.55 bits per heavy atom. The maximum Gasteiger partial charge on any atom is 0.299 e. The summed E-state index contributed by atoms with van der Waals surface area (Å²) < 4.78 is 4.63. The lowest BCUT2D eigenvalue weighted by Gasteiger charge is -2.07. The maximum absolute atomic E-state index is 2.34. The van der Waals surface area contributed by atoms with Crippen LogP contribution in [0.3, 0.4) is 0 Å². The van der Waals surface area contributed by atoms with Crippen molar-refractivity contribution in [1.29, 1.82) is 0 Å². The van der Waals surface area contributed by atoms with Crippen LogP contribution in [0.25, 0.3) is 34.0 Å². The second kappa shape index (κ2) is 7.61. The number of rotatable bonds is 4. The van der Waals surface area contributed by atoms with Crippen molar-refractivity contribution in [2.24, 2.45) is 0 Å². The van der Waals surface area contributed by atoms with Gasteiger partial charge in [-0.3, -0.25) is 0 Å². The summed E-state index contributed by atoms with van der Waals surface area (Å²) in [7, 11) is 0. The average Bonchev–Trinajstić information content (AvgIpc) is 3.22. The van der Waals surface area contributed by atoms with Crippen molar-refractivity contribution in [3.8, 4) is 34.0 Å². The lowest BCUT2D eigenvalue weighted by atomic mass is 10.1. The third kappa shape index (κ3) is 3.26. The van der Waals surface area contributed by atoms with Gasteiger partial charge in [-0.05, 0) is 36.4 Å². The Hall–Kier alpha value is -3.91. The molecule has 0 aliphatic carbocycles. The Balaban J connectivity index is 1.89. The minimum Gasteiger partial charge on any atom is -0.194 e. The molecule has 0 unspecified atom stereocenters. The van der Waals surface area contributed by atoms with Gasteiger partial charge in [0, 0.05) is 5.56 Å². The summed E-state index contributed by atoms with van der Waals surface area (Å²) in [5, 5.41) is 0. The van der Waals surface area contributed by atoms with Crippen LogP contribution < -0.4 is 4.57 Å². The third-order valence-corrected chi connectivity index (χ3v) is 5.08. The van der Waals surface area contributed by atoms with Gasteiger partial charge in [-0.2, -0.15) is 9.13 Å². The van der Waals surface area contributed by atoms with Gasteiger partial charge >= 0.3 is 0 Å². The van der Waals surface area contributed by atoms with Crippen molar-refractivity contribution in [3.05, 3.63) is 128 Å². The Morgan fingerprint density at radius 1 is 0.483 bits per heavy atom. The fourth-order valence-electron chi connectivity index (χ4n) is 3.75. The summed E-state index contributed by atoms with van der Waals surface area (Å²) in [4.78, 5) is 0. The number of nitrogens with zero attached hydrogens (tertiary/aromatic N) is 2. The third-order valence-electron chi connectivity index (χ3n) is 5.08. The number of hydrogen-bond donors (Lipinski definition) is 0. The monoisotopic (exact) mass is 373 g/mol. The van der Waals surface area contributed by atoms with E-state index in [1.807, 2.05) is 0 Å². The lowest BCUT2D eigenvalue weighted by molar-refractivity contribution is -0.582. The maximum atomic E-state index is 2.34. The molecule has 2 nitrogen and oxygen atoms in total. The summed E-state index contributed by atoms with van der Waals surface area (Å²) in [5.74, 6) is 1.13. The first-order valence-corrected chi connectivity index (χ1v) is 9.81. The number of hydrogen-bond acceptors (Lipinski definition) is 0. The van der Waals surface area contributed by atoms with Crippen molar-refractivity contribution in [3.63, 3.8) is 0 Å². The summed E-state index contributed by atoms with van der Waals surface area (Å²) in [6, 6.07) is 42.2. The van der Waals surface area contributed by atoms with Crippen molar-refractivity contribution in [2.45, 2.75) is 0 Å². The van der Waals surface area contributed by atoms with E-state index in [9.17, 15) is 0 Å². The molecule has 2 heteroatoms. The molecule has 0 aliphatic heterocycles. The van der Waals surface area contributed by atoms with Gasteiger partial charge < -0.3 is 0 Å². The Kier molecular flexibility index (Phi) is 4.51. The molecule has 0 fully saturated rings. The zero-order chi connectivity index (χ0) is 19.5. The normalized spacial score (nSPS) is 10.8. The molecule has 4 aromatic carbocycles. The standard InChI is InChI=1S/C27H21N2/c1-5-13-22(14-6-1)26-21-28(24-17-9-3-10-18-24)27(23-15-7-2-8-16-23)29(26)25-19-11-4-12-20-25/h1-21H/q+1. The van der Waals surface area contributed by atoms with Gasteiger partial charge in [0.15, 0.2) is 5.69 Å². The van der Waals surface area contributed by atoms with Gasteiger partial charge in [0.05, 0.1) is 5.56 Å². The van der Waals surface area contributed by atoms with Gasteiger partial charge in [-0.25, -0.2) is 0 Å². The average molecular weight is 373 g/mol. The molecule has 138 valence electrons. The first-order valence-electron chi connectivity index (χ1n) is 9.81. The molecule has 0 saturated carbocycles. The van der Waals surface area contributed by atoms with Crippen LogP contribution in [0.2, 0.25) is 0 Å². The van der Waals surface area contributed by atoms with Crippen LogP contribution in [0.15, 0.2) is 128 Å². The molecule has 0 spiro atoms. The van der Waals surface area contributed by atoms with E-state index < -0.39 is 0 Å². The van der Waals surface area contributed by atoms with Crippen LogP contribution in [0.4, 0.5) is 0 Å². The number of benzene rings is 4. The highest BCUT2D eigenvalue weighted by atomic mass is 15.2. The van der Waals surface area contributed by atoms with Crippen LogP contribution >= 0.6 is 0 Å². The molecule has 0 amide bonds. The van der Waals surface area contributed by atoms with Crippen molar-refractivity contribution in [1.82, 2.24) is 4.57 Å². The molecule has 0 saturated heterocycles. The van der Waals surface area contributed by atoms with E-state index in [2.05, 4.69) is 137 Å². The molecule has 0 atom stereocenters. The summed E-state index contributed by atoms with van der Waals surface area (Å²) >= 11 is 0. The van der Waals surface area contributed by atoms with Crippen molar-refractivity contribution >= 4 is 0 Å². The summed E-state index contributed by atoms with van der Waals surface area (Å²) in [6.45, 7) is 0. The van der Waals surface area contributed by atoms with Gasteiger partial charge in [-0.15, -0.1) is 0 Å². The Labute approximate surface area is 171 Å². The minimum absolute atomic E-state index is 1.13.